The molecule has 1 aromatic carbocycles. The van der Waals surface area contributed by atoms with Crippen LogP contribution in [0.1, 0.15) is 32.8 Å². The Labute approximate surface area is 144 Å². The minimum absolute atomic E-state index is 0. The Morgan fingerprint density at radius 1 is 1.41 bits per heavy atom. The summed E-state index contributed by atoms with van der Waals surface area (Å²) in [5.41, 5.74) is 7.42. The predicted molar refractivity (Wildman–Crippen MR) is 97.4 cm³/mol. The summed E-state index contributed by atoms with van der Waals surface area (Å²) in [5.74, 6) is 1.13. The molecule has 0 aliphatic carbocycles. The standard InChI is InChI=1S/C17H26N2OS.ClH/c1-13(21-11-14-7-5-4-6-8-14)16(20)19-10-9-15(18)17(2,3)12-19;/h4-8,13,15H,9-12,18H2,1-3H3;1H. The van der Waals surface area contributed by atoms with Crippen molar-refractivity contribution in [3.05, 3.63) is 35.9 Å². The van der Waals surface area contributed by atoms with E-state index in [1.165, 1.54) is 5.56 Å². The zero-order valence-electron chi connectivity index (χ0n) is 13.6. The smallest absolute Gasteiger partial charge is 0.235 e. The van der Waals surface area contributed by atoms with Crippen molar-refractivity contribution >= 4 is 30.1 Å². The molecule has 1 amide bonds. The lowest BCUT2D eigenvalue weighted by Crippen LogP contribution is -2.55. The number of amides is 1. The number of hydrogen-bond donors (Lipinski definition) is 1. The third kappa shape index (κ3) is 4.90. The fraction of sp³-hybridized carbons (Fsp3) is 0.588. The van der Waals surface area contributed by atoms with Crippen molar-refractivity contribution in [3.8, 4) is 0 Å². The molecule has 1 fully saturated rings. The van der Waals surface area contributed by atoms with E-state index in [1.54, 1.807) is 11.8 Å². The van der Waals surface area contributed by atoms with Crippen LogP contribution in [0.25, 0.3) is 0 Å². The monoisotopic (exact) mass is 342 g/mol. The number of rotatable bonds is 4. The Kier molecular flexibility index (Phi) is 7.23. The fourth-order valence-corrected chi connectivity index (χ4v) is 3.61. The van der Waals surface area contributed by atoms with Crippen LogP contribution in [0.15, 0.2) is 30.3 Å². The molecule has 3 nitrogen and oxygen atoms in total. The molecule has 2 unspecified atom stereocenters. The van der Waals surface area contributed by atoms with E-state index in [2.05, 4.69) is 26.0 Å². The Balaban J connectivity index is 0.00000242. The van der Waals surface area contributed by atoms with E-state index in [-0.39, 0.29) is 35.0 Å². The average molecular weight is 343 g/mol. The summed E-state index contributed by atoms with van der Waals surface area (Å²) in [6, 6.07) is 10.5. The van der Waals surface area contributed by atoms with Gasteiger partial charge < -0.3 is 10.6 Å². The molecule has 1 aromatic rings. The van der Waals surface area contributed by atoms with Gasteiger partial charge in [-0.05, 0) is 24.3 Å². The number of benzene rings is 1. The molecular formula is C17H27ClN2OS. The third-order valence-electron chi connectivity index (χ3n) is 4.31. The first kappa shape index (κ1) is 19.3. The Bertz CT molecular complexity index is 481. The van der Waals surface area contributed by atoms with Gasteiger partial charge in [0.1, 0.15) is 0 Å². The summed E-state index contributed by atoms with van der Waals surface area (Å²) >= 11 is 1.71. The van der Waals surface area contributed by atoms with Gasteiger partial charge in [0.05, 0.1) is 5.25 Å². The van der Waals surface area contributed by atoms with E-state index < -0.39 is 0 Å². The maximum absolute atomic E-state index is 12.6. The molecule has 0 spiro atoms. The lowest BCUT2D eigenvalue weighted by molar-refractivity contribution is -0.133. The molecule has 5 heteroatoms. The number of hydrogen-bond acceptors (Lipinski definition) is 3. The molecule has 0 radical (unpaired) electrons. The molecule has 0 aromatic heterocycles. The molecule has 1 aliphatic rings. The first-order valence-corrected chi connectivity index (χ1v) is 8.65. The van der Waals surface area contributed by atoms with Crippen molar-refractivity contribution in [2.24, 2.45) is 11.1 Å². The second-order valence-corrected chi connectivity index (χ2v) is 7.91. The maximum atomic E-state index is 12.6. The van der Waals surface area contributed by atoms with Gasteiger partial charge in [-0.15, -0.1) is 24.2 Å². The number of piperidine rings is 1. The summed E-state index contributed by atoms with van der Waals surface area (Å²) in [7, 11) is 0. The lowest BCUT2D eigenvalue weighted by Gasteiger charge is -2.43. The highest BCUT2D eigenvalue weighted by Gasteiger charge is 2.36. The van der Waals surface area contributed by atoms with Gasteiger partial charge in [0, 0.05) is 24.9 Å². The van der Waals surface area contributed by atoms with Crippen LogP contribution in [0.5, 0.6) is 0 Å². The van der Waals surface area contributed by atoms with Gasteiger partial charge in [0.15, 0.2) is 0 Å². The van der Waals surface area contributed by atoms with Crippen molar-refractivity contribution in [2.45, 2.75) is 44.2 Å². The Hall–Kier alpha value is -0.710. The van der Waals surface area contributed by atoms with Crippen molar-refractivity contribution in [3.63, 3.8) is 0 Å². The van der Waals surface area contributed by atoms with Gasteiger partial charge in [0.2, 0.25) is 5.91 Å². The van der Waals surface area contributed by atoms with Crippen LogP contribution in [0, 0.1) is 5.41 Å². The van der Waals surface area contributed by atoms with Crippen LogP contribution in [0.4, 0.5) is 0 Å². The number of carbonyl (C=O) groups excluding carboxylic acids is 1. The fourth-order valence-electron chi connectivity index (χ4n) is 2.69. The minimum Gasteiger partial charge on any atom is -0.341 e. The van der Waals surface area contributed by atoms with Crippen LogP contribution in [0.3, 0.4) is 0 Å². The number of nitrogens with zero attached hydrogens (tertiary/aromatic N) is 1. The summed E-state index contributed by atoms with van der Waals surface area (Å²) in [6.07, 6.45) is 0.898. The van der Waals surface area contributed by atoms with Crippen LogP contribution in [0.2, 0.25) is 0 Å². The molecule has 1 heterocycles. The minimum atomic E-state index is -0.00432. The van der Waals surface area contributed by atoms with Crippen molar-refractivity contribution < 1.29 is 4.79 Å². The van der Waals surface area contributed by atoms with E-state index in [1.807, 2.05) is 30.0 Å². The first-order chi connectivity index (χ1) is 9.90. The number of thioether (sulfide) groups is 1. The zero-order valence-corrected chi connectivity index (χ0v) is 15.3. The van der Waals surface area contributed by atoms with E-state index in [9.17, 15) is 4.79 Å². The number of likely N-dealkylation sites (tertiary alicyclic amines) is 1. The van der Waals surface area contributed by atoms with Crippen LogP contribution in [-0.2, 0) is 10.5 Å². The van der Waals surface area contributed by atoms with Crippen LogP contribution >= 0.6 is 24.2 Å². The molecule has 2 atom stereocenters. The van der Waals surface area contributed by atoms with Gasteiger partial charge in [0.25, 0.3) is 0 Å². The summed E-state index contributed by atoms with van der Waals surface area (Å²) in [4.78, 5) is 14.6. The average Bonchev–Trinajstić information content (AvgIpc) is 2.48. The van der Waals surface area contributed by atoms with Gasteiger partial charge >= 0.3 is 0 Å². The van der Waals surface area contributed by atoms with Gasteiger partial charge in [-0.2, -0.15) is 0 Å². The first-order valence-electron chi connectivity index (χ1n) is 7.60. The molecule has 1 saturated heterocycles. The highest BCUT2D eigenvalue weighted by atomic mass is 35.5. The van der Waals surface area contributed by atoms with E-state index in [0.717, 1.165) is 25.3 Å². The molecule has 1 aliphatic heterocycles. The normalized spacial score (nSPS) is 21.8. The van der Waals surface area contributed by atoms with Crippen molar-refractivity contribution in [1.82, 2.24) is 4.90 Å². The maximum Gasteiger partial charge on any atom is 0.235 e. The topological polar surface area (TPSA) is 46.3 Å². The quantitative estimate of drug-likeness (QED) is 0.913. The lowest BCUT2D eigenvalue weighted by atomic mass is 9.79. The number of halogens is 1. The summed E-state index contributed by atoms with van der Waals surface area (Å²) < 4.78 is 0. The van der Waals surface area contributed by atoms with Crippen LogP contribution < -0.4 is 5.73 Å². The molecule has 124 valence electrons. The third-order valence-corrected chi connectivity index (χ3v) is 5.52. The zero-order chi connectivity index (χ0) is 15.5. The van der Waals surface area contributed by atoms with Crippen LogP contribution in [-0.4, -0.2) is 35.2 Å². The second kappa shape index (κ2) is 8.23. The van der Waals surface area contributed by atoms with Crippen molar-refractivity contribution in [1.29, 1.82) is 0 Å². The molecule has 2 N–H and O–H groups in total. The molecule has 2 rings (SSSR count). The van der Waals surface area contributed by atoms with Gasteiger partial charge in [-0.1, -0.05) is 44.2 Å². The largest absolute Gasteiger partial charge is 0.341 e. The molecular weight excluding hydrogens is 316 g/mol. The Morgan fingerprint density at radius 2 is 2.05 bits per heavy atom. The second-order valence-electron chi connectivity index (χ2n) is 6.58. The summed E-state index contributed by atoms with van der Waals surface area (Å²) in [6.45, 7) is 7.87. The van der Waals surface area contributed by atoms with E-state index >= 15 is 0 Å². The highest BCUT2D eigenvalue weighted by Crippen LogP contribution is 2.29. The number of nitrogens with two attached hydrogens (primary N) is 1. The highest BCUT2D eigenvalue weighted by molar-refractivity contribution is 7.99. The summed E-state index contributed by atoms with van der Waals surface area (Å²) in [5, 5.41) is -0.00432. The van der Waals surface area contributed by atoms with Gasteiger partial charge in [-0.25, -0.2) is 0 Å². The van der Waals surface area contributed by atoms with Gasteiger partial charge in [-0.3, -0.25) is 4.79 Å². The van der Waals surface area contributed by atoms with Crippen molar-refractivity contribution in [2.75, 3.05) is 13.1 Å². The number of carbonyl (C=O) groups is 1. The molecule has 0 saturated carbocycles. The predicted octanol–water partition coefficient (Wildman–Crippen LogP) is 3.32. The molecule has 0 bridgehead atoms. The van der Waals surface area contributed by atoms with E-state index in [4.69, 9.17) is 5.73 Å². The van der Waals surface area contributed by atoms with E-state index in [0.29, 0.717) is 0 Å². The SMILES string of the molecule is CC(SCc1ccccc1)C(=O)N1CCC(N)C(C)(C)C1.Cl. The Morgan fingerprint density at radius 3 is 2.64 bits per heavy atom. The molecule has 22 heavy (non-hydrogen) atoms.